The number of hydrogen-bond acceptors (Lipinski definition) is 3. The van der Waals surface area contributed by atoms with Crippen molar-refractivity contribution in [2.24, 2.45) is 22.8 Å². The van der Waals surface area contributed by atoms with Crippen molar-refractivity contribution in [3.05, 3.63) is 0 Å². The summed E-state index contributed by atoms with van der Waals surface area (Å²) in [5.74, 6) is 0.350. The molecule has 4 N–H and O–H groups in total. The molecule has 0 aromatic carbocycles. The maximum absolute atomic E-state index is 12.6. The molecule has 20 heavy (non-hydrogen) atoms. The lowest BCUT2D eigenvalue weighted by Crippen LogP contribution is -2.49. The van der Waals surface area contributed by atoms with Gasteiger partial charge in [-0.2, -0.15) is 0 Å². The zero-order chi connectivity index (χ0) is 13.9. The number of halogens is 1. The average Bonchev–Trinajstić information content (AvgIpc) is 2.88. The van der Waals surface area contributed by atoms with Crippen LogP contribution < -0.4 is 11.5 Å². The molecule has 1 aliphatic heterocycles. The molecule has 116 valence electrons. The predicted molar refractivity (Wildman–Crippen MR) is 80.3 cm³/mol. The standard InChI is InChI=1S/C14H25N3O2.ClH/c15-10-14(5-1-2-6-14)13(19)17-7-3-11(4-8-17)9-12(16)18;/h11H,1-10,15H2,(H2,16,18);1H. The molecule has 0 spiro atoms. The zero-order valence-electron chi connectivity index (χ0n) is 12.0. The van der Waals surface area contributed by atoms with Crippen LogP contribution in [0.4, 0.5) is 0 Å². The first-order chi connectivity index (χ1) is 9.07. The summed E-state index contributed by atoms with van der Waals surface area (Å²) in [6.45, 7) is 1.96. The third-order valence-corrected chi connectivity index (χ3v) is 4.80. The van der Waals surface area contributed by atoms with Gasteiger partial charge in [0.2, 0.25) is 11.8 Å². The molecule has 5 nitrogen and oxygen atoms in total. The van der Waals surface area contributed by atoms with Crippen LogP contribution in [0.2, 0.25) is 0 Å². The number of carbonyl (C=O) groups is 2. The lowest BCUT2D eigenvalue weighted by atomic mass is 9.83. The summed E-state index contributed by atoms with van der Waals surface area (Å²) in [6, 6.07) is 0. The Labute approximate surface area is 126 Å². The summed E-state index contributed by atoms with van der Waals surface area (Å²) in [6.07, 6.45) is 6.31. The van der Waals surface area contributed by atoms with Gasteiger partial charge in [-0.1, -0.05) is 12.8 Å². The van der Waals surface area contributed by atoms with Crippen molar-refractivity contribution in [3.63, 3.8) is 0 Å². The van der Waals surface area contributed by atoms with E-state index in [2.05, 4.69) is 0 Å². The summed E-state index contributed by atoms with van der Waals surface area (Å²) < 4.78 is 0. The van der Waals surface area contributed by atoms with E-state index < -0.39 is 0 Å². The Morgan fingerprint density at radius 1 is 1.15 bits per heavy atom. The average molecular weight is 304 g/mol. The molecule has 0 bridgehead atoms. The fourth-order valence-electron chi connectivity index (χ4n) is 3.52. The van der Waals surface area contributed by atoms with E-state index in [-0.39, 0.29) is 29.6 Å². The van der Waals surface area contributed by atoms with Crippen LogP contribution in [0.15, 0.2) is 0 Å². The number of carbonyl (C=O) groups excluding carboxylic acids is 2. The Morgan fingerprint density at radius 3 is 2.15 bits per heavy atom. The highest BCUT2D eigenvalue weighted by Crippen LogP contribution is 2.39. The minimum atomic E-state index is -0.295. The molecule has 2 rings (SSSR count). The molecule has 2 fully saturated rings. The fourth-order valence-corrected chi connectivity index (χ4v) is 3.52. The number of amides is 2. The molecular formula is C14H26ClN3O2. The van der Waals surface area contributed by atoms with Crippen molar-refractivity contribution in [1.82, 2.24) is 4.90 Å². The molecule has 1 saturated carbocycles. The quantitative estimate of drug-likeness (QED) is 0.813. The van der Waals surface area contributed by atoms with Gasteiger partial charge >= 0.3 is 0 Å². The minimum absolute atomic E-state index is 0. The van der Waals surface area contributed by atoms with Gasteiger partial charge in [-0.3, -0.25) is 9.59 Å². The third-order valence-electron chi connectivity index (χ3n) is 4.80. The van der Waals surface area contributed by atoms with E-state index in [9.17, 15) is 9.59 Å². The number of piperidine rings is 1. The Balaban J connectivity index is 0.00000200. The maximum atomic E-state index is 12.6. The predicted octanol–water partition coefficient (Wildman–Crippen LogP) is 1.04. The topological polar surface area (TPSA) is 89.4 Å². The highest BCUT2D eigenvalue weighted by molar-refractivity contribution is 5.85. The monoisotopic (exact) mass is 303 g/mol. The molecule has 0 aromatic heterocycles. The summed E-state index contributed by atoms with van der Waals surface area (Å²) in [5.41, 5.74) is 10.8. The SMILES string of the molecule is Cl.NCC1(C(=O)N2CCC(CC(N)=O)CC2)CCCC1. The molecule has 2 amide bonds. The van der Waals surface area contributed by atoms with Crippen LogP contribution in [0.25, 0.3) is 0 Å². The minimum Gasteiger partial charge on any atom is -0.370 e. The summed E-state index contributed by atoms with van der Waals surface area (Å²) in [4.78, 5) is 25.5. The number of primary amides is 1. The van der Waals surface area contributed by atoms with Crippen LogP contribution >= 0.6 is 12.4 Å². The van der Waals surface area contributed by atoms with Gasteiger partial charge in [-0.25, -0.2) is 0 Å². The normalized spacial score (nSPS) is 22.4. The van der Waals surface area contributed by atoms with Gasteiger partial charge in [0.15, 0.2) is 0 Å². The number of rotatable bonds is 4. The number of nitrogens with two attached hydrogens (primary N) is 2. The van der Waals surface area contributed by atoms with E-state index in [1.807, 2.05) is 4.90 Å². The van der Waals surface area contributed by atoms with Crippen LogP contribution in [0.3, 0.4) is 0 Å². The second kappa shape index (κ2) is 7.27. The molecule has 1 heterocycles. The van der Waals surface area contributed by atoms with Crippen LogP contribution in [0, 0.1) is 11.3 Å². The summed E-state index contributed by atoms with van der Waals surface area (Å²) >= 11 is 0. The van der Waals surface area contributed by atoms with Crippen molar-refractivity contribution in [1.29, 1.82) is 0 Å². The van der Waals surface area contributed by atoms with Crippen LogP contribution in [0.5, 0.6) is 0 Å². The first-order valence-corrected chi connectivity index (χ1v) is 7.35. The Hall–Kier alpha value is -0.810. The first-order valence-electron chi connectivity index (χ1n) is 7.35. The van der Waals surface area contributed by atoms with Crippen LogP contribution in [0.1, 0.15) is 44.9 Å². The molecular weight excluding hydrogens is 278 g/mol. The second-order valence-corrected chi connectivity index (χ2v) is 6.10. The van der Waals surface area contributed by atoms with E-state index >= 15 is 0 Å². The van der Waals surface area contributed by atoms with Gasteiger partial charge in [0.05, 0.1) is 5.41 Å². The lowest BCUT2D eigenvalue weighted by molar-refractivity contribution is -0.143. The van der Waals surface area contributed by atoms with Gasteiger partial charge < -0.3 is 16.4 Å². The highest BCUT2D eigenvalue weighted by atomic mass is 35.5. The highest BCUT2D eigenvalue weighted by Gasteiger charge is 2.42. The molecule has 1 saturated heterocycles. The van der Waals surface area contributed by atoms with Crippen molar-refractivity contribution in [3.8, 4) is 0 Å². The molecule has 2 aliphatic rings. The van der Waals surface area contributed by atoms with Gasteiger partial charge in [-0.15, -0.1) is 12.4 Å². The fraction of sp³-hybridized carbons (Fsp3) is 0.857. The van der Waals surface area contributed by atoms with Crippen molar-refractivity contribution in [2.75, 3.05) is 19.6 Å². The third kappa shape index (κ3) is 3.64. The van der Waals surface area contributed by atoms with Crippen molar-refractivity contribution in [2.45, 2.75) is 44.9 Å². The lowest BCUT2D eigenvalue weighted by Gasteiger charge is -2.37. The number of likely N-dealkylation sites (tertiary alicyclic amines) is 1. The van der Waals surface area contributed by atoms with Crippen molar-refractivity contribution < 1.29 is 9.59 Å². The van der Waals surface area contributed by atoms with Gasteiger partial charge in [-0.05, 0) is 31.6 Å². The van der Waals surface area contributed by atoms with Gasteiger partial charge in [0.25, 0.3) is 0 Å². The second-order valence-electron chi connectivity index (χ2n) is 6.10. The molecule has 0 aromatic rings. The van der Waals surface area contributed by atoms with Gasteiger partial charge in [0, 0.05) is 26.1 Å². The van der Waals surface area contributed by atoms with Crippen LogP contribution in [-0.4, -0.2) is 36.3 Å². The van der Waals surface area contributed by atoms with Crippen LogP contribution in [-0.2, 0) is 9.59 Å². The van der Waals surface area contributed by atoms with E-state index in [1.54, 1.807) is 0 Å². The van der Waals surface area contributed by atoms with E-state index in [0.29, 0.717) is 18.9 Å². The molecule has 6 heteroatoms. The molecule has 1 aliphatic carbocycles. The van der Waals surface area contributed by atoms with E-state index in [0.717, 1.165) is 51.6 Å². The van der Waals surface area contributed by atoms with Crippen molar-refractivity contribution >= 4 is 24.2 Å². The van der Waals surface area contributed by atoms with E-state index in [1.165, 1.54) is 0 Å². The smallest absolute Gasteiger partial charge is 0.230 e. The Morgan fingerprint density at radius 2 is 1.70 bits per heavy atom. The zero-order valence-corrected chi connectivity index (χ0v) is 12.8. The summed E-state index contributed by atoms with van der Waals surface area (Å²) in [5, 5.41) is 0. The maximum Gasteiger partial charge on any atom is 0.230 e. The van der Waals surface area contributed by atoms with Gasteiger partial charge in [0.1, 0.15) is 0 Å². The Bertz CT molecular complexity index is 348. The largest absolute Gasteiger partial charge is 0.370 e. The molecule has 0 atom stereocenters. The molecule has 0 radical (unpaired) electrons. The molecule has 0 unspecified atom stereocenters. The summed E-state index contributed by atoms with van der Waals surface area (Å²) in [7, 11) is 0. The number of hydrogen-bond donors (Lipinski definition) is 2. The number of nitrogens with zero attached hydrogens (tertiary/aromatic N) is 1. The Kier molecular flexibility index (Phi) is 6.27. The van der Waals surface area contributed by atoms with E-state index in [4.69, 9.17) is 11.5 Å². The first kappa shape index (κ1) is 17.2.